The van der Waals surface area contributed by atoms with Crippen molar-refractivity contribution in [2.24, 2.45) is 0 Å². The van der Waals surface area contributed by atoms with Crippen LogP contribution in [0.15, 0.2) is 42.5 Å². The van der Waals surface area contributed by atoms with Gasteiger partial charge in [-0.1, -0.05) is 48.4 Å². The quantitative estimate of drug-likeness (QED) is 0.701. The van der Waals surface area contributed by atoms with E-state index in [1.807, 2.05) is 64.1 Å². The zero-order valence-electron chi connectivity index (χ0n) is 18.1. The van der Waals surface area contributed by atoms with Crippen LogP contribution in [0.5, 0.6) is 5.75 Å². The van der Waals surface area contributed by atoms with Gasteiger partial charge in [-0.3, -0.25) is 9.59 Å². The lowest BCUT2D eigenvalue weighted by Crippen LogP contribution is -2.49. The lowest BCUT2D eigenvalue weighted by atomic mass is 10.0. The number of methoxy groups -OCH3 is 1. The van der Waals surface area contributed by atoms with Crippen LogP contribution in [0.2, 0.25) is 0 Å². The Balaban J connectivity index is 2.30. The Morgan fingerprint density at radius 3 is 2.14 bits per heavy atom. The highest BCUT2D eigenvalue weighted by molar-refractivity contribution is 5.88. The topological polar surface area (TPSA) is 58.6 Å². The molecule has 156 valence electrons. The second-order valence-corrected chi connectivity index (χ2v) is 7.36. The van der Waals surface area contributed by atoms with Gasteiger partial charge in [0.15, 0.2) is 0 Å². The van der Waals surface area contributed by atoms with Gasteiger partial charge in [-0.2, -0.15) is 0 Å². The molecule has 0 radical (unpaired) electrons. The van der Waals surface area contributed by atoms with Gasteiger partial charge in [0.05, 0.1) is 13.5 Å². The number of likely N-dealkylation sites (N-methyl/N-ethyl adjacent to an activating group) is 1. The number of carbonyl (C=O) groups excluding carboxylic acids is 2. The normalized spacial score (nSPS) is 11.6. The molecule has 0 aliphatic rings. The molecule has 2 amide bonds. The molecule has 5 nitrogen and oxygen atoms in total. The highest BCUT2D eigenvalue weighted by atomic mass is 16.5. The third kappa shape index (κ3) is 6.34. The predicted molar refractivity (Wildman–Crippen MR) is 116 cm³/mol. The molecule has 5 heteroatoms. The summed E-state index contributed by atoms with van der Waals surface area (Å²) in [6.45, 7) is 8.79. The number of nitrogens with zero attached hydrogens (tertiary/aromatic N) is 1. The first kappa shape index (κ1) is 22.5. The molecule has 0 heterocycles. The summed E-state index contributed by atoms with van der Waals surface area (Å²) in [7, 11) is 1.62. The van der Waals surface area contributed by atoms with Gasteiger partial charge in [-0.25, -0.2) is 0 Å². The average Bonchev–Trinajstić information content (AvgIpc) is 2.67. The standard InChI is InChI=1S/C24H32N2O3/c1-6-22(24(28)25-7-2)26(16-19-8-10-21(29-5)11-9-19)23(27)15-20-13-17(3)12-18(4)14-20/h8-14,22H,6-7,15-16H2,1-5H3,(H,25,28)/t22-/m1/s1. The monoisotopic (exact) mass is 396 g/mol. The van der Waals surface area contributed by atoms with Gasteiger partial charge < -0.3 is 15.0 Å². The summed E-state index contributed by atoms with van der Waals surface area (Å²) in [5.74, 6) is 0.596. The van der Waals surface area contributed by atoms with Gasteiger partial charge >= 0.3 is 0 Å². The summed E-state index contributed by atoms with van der Waals surface area (Å²) in [6.07, 6.45) is 0.829. The van der Waals surface area contributed by atoms with E-state index in [0.717, 1.165) is 28.0 Å². The van der Waals surface area contributed by atoms with Crippen LogP contribution < -0.4 is 10.1 Å². The Kier molecular flexibility index (Phi) is 8.25. The largest absolute Gasteiger partial charge is 0.497 e. The second kappa shape index (κ2) is 10.6. The molecule has 0 unspecified atom stereocenters. The summed E-state index contributed by atoms with van der Waals surface area (Å²) in [6, 6.07) is 13.3. The zero-order chi connectivity index (χ0) is 21.4. The molecular weight excluding hydrogens is 364 g/mol. The second-order valence-electron chi connectivity index (χ2n) is 7.36. The Bertz CT molecular complexity index is 810. The van der Waals surface area contributed by atoms with Gasteiger partial charge in [-0.05, 0) is 50.5 Å². The van der Waals surface area contributed by atoms with E-state index < -0.39 is 6.04 Å². The van der Waals surface area contributed by atoms with E-state index in [-0.39, 0.29) is 18.2 Å². The van der Waals surface area contributed by atoms with Crippen molar-refractivity contribution in [1.29, 1.82) is 0 Å². The fourth-order valence-electron chi connectivity index (χ4n) is 3.59. The van der Waals surface area contributed by atoms with Crippen LogP contribution in [0.4, 0.5) is 0 Å². The minimum atomic E-state index is -0.504. The number of aryl methyl sites for hydroxylation is 2. The van der Waals surface area contributed by atoms with Crippen molar-refractivity contribution in [3.63, 3.8) is 0 Å². The average molecular weight is 397 g/mol. The van der Waals surface area contributed by atoms with E-state index in [2.05, 4.69) is 11.4 Å². The third-order valence-corrected chi connectivity index (χ3v) is 4.89. The molecular formula is C24H32N2O3. The molecule has 0 bridgehead atoms. The number of ether oxygens (including phenoxy) is 1. The van der Waals surface area contributed by atoms with Crippen LogP contribution >= 0.6 is 0 Å². The van der Waals surface area contributed by atoms with Crippen molar-refractivity contribution in [3.8, 4) is 5.75 Å². The number of benzene rings is 2. The smallest absolute Gasteiger partial charge is 0.242 e. The molecule has 2 rings (SSSR count). The van der Waals surface area contributed by atoms with E-state index in [1.165, 1.54) is 0 Å². The minimum Gasteiger partial charge on any atom is -0.497 e. The van der Waals surface area contributed by atoms with Crippen molar-refractivity contribution in [1.82, 2.24) is 10.2 Å². The number of amides is 2. The van der Waals surface area contributed by atoms with Gasteiger partial charge in [0.1, 0.15) is 11.8 Å². The van der Waals surface area contributed by atoms with Crippen LogP contribution in [0.25, 0.3) is 0 Å². The molecule has 1 N–H and O–H groups in total. The Labute approximate surface area is 174 Å². The first-order valence-corrected chi connectivity index (χ1v) is 10.1. The maximum absolute atomic E-state index is 13.3. The molecule has 0 aliphatic heterocycles. The molecule has 0 aromatic heterocycles. The Morgan fingerprint density at radius 1 is 1.00 bits per heavy atom. The summed E-state index contributed by atoms with van der Waals surface area (Å²) >= 11 is 0. The number of carbonyl (C=O) groups is 2. The number of nitrogens with one attached hydrogen (secondary N) is 1. The van der Waals surface area contributed by atoms with Crippen LogP contribution in [-0.2, 0) is 22.6 Å². The summed E-state index contributed by atoms with van der Waals surface area (Å²) in [5, 5.41) is 2.87. The SMILES string of the molecule is CCNC(=O)[C@@H](CC)N(Cc1ccc(OC)cc1)C(=O)Cc1cc(C)cc(C)c1. The van der Waals surface area contributed by atoms with Crippen LogP contribution in [0, 0.1) is 13.8 Å². The molecule has 0 aliphatic carbocycles. The lowest BCUT2D eigenvalue weighted by Gasteiger charge is -2.30. The molecule has 1 atom stereocenters. The predicted octanol–water partition coefficient (Wildman–Crippen LogP) is 3.80. The van der Waals surface area contributed by atoms with Crippen LogP contribution in [0.1, 0.15) is 42.5 Å². The maximum Gasteiger partial charge on any atom is 0.242 e. The molecule has 0 spiro atoms. The molecule has 0 fully saturated rings. The summed E-state index contributed by atoms with van der Waals surface area (Å²) < 4.78 is 5.22. The molecule has 29 heavy (non-hydrogen) atoms. The third-order valence-electron chi connectivity index (χ3n) is 4.89. The molecule has 0 saturated heterocycles. The van der Waals surface area contributed by atoms with E-state index in [4.69, 9.17) is 4.74 Å². The van der Waals surface area contributed by atoms with E-state index >= 15 is 0 Å². The number of rotatable bonds is 9. The van der Waals surface area contributed by atoms with E-state index in [1.54, 1.807) is 12.0 Å². The first-order chi connectivity index (χ1) is 13.9. The minimum absolute atomic E-state index is 0.0519. The van der Waals surface area contributed by atoms with Gasteiger partial charge in [0.2, 0.25) is 11.8 Å². The van der Waals surface area contributed by atoms with E-state index in [0.29, 0.717) is 19.5 Å². The van der Waals surface area contributed by atoms with Crippen molar-refractivity contribution in [2.45, 2.75) is 53.1 Å². The highest BCUT2D eigenvalue weighted by Crippen LogP contribution is 2.18. The van der Waals surface area contributed by atoms with Crippen molar-refractivity contribution in [2.75, 3.05) is 13.7 Å². The van der Waals surface area contributed by atoms with Crippen LogP contribution in [0.3, 0.4) is 0 Å². The lowest BCUT2D eigenvalue weighted by molar-refractivity contribution is -0.140. The van der Waals surface area contributed by atoms with Gasteiger partial charge in [0, 0.05) is 13.1 Å². The fraction of sp³-hybridized carbons (Fsp3) is 0.417. The summed E-state index contributed by atoms with van der Waals surface area (Å²) in [4.78, 5) is 27.6. The number of hydrogen-bond donors (Lipinski definition) is 1. The first-order valence-electron chi connectivity index (χ1n) is 10.1. The Morgan fingerprint density at radius 2 is 1.62 bits per heavy atom. The van der Waals surface area contributed by atoms with Crippen LogP contribution in [-0.4, -0.2) is 36.4 Å². The highest BCUT2D eigenvalue weighted by Gasteiger charge is 2.28. The van der Waals surface area contributed by atoms with E-state index in [9.17, 15) is 9.59 Å². The Hall–Kier alpha value is -2.82. The molecule has 2 aromatic rings. The maximum atomic E-state index is 13.3. The molecule has 0 saturated carbocycles. The summed E-state index contributed by atoms with van der Waals surface area (Å²) in [5.41, 5.74) is 4.19. The molecule has 2 aromatic carbocycles. The van der Waals surface area contributed by atoms with Crippen molar-refractivity contribution >= 4 is 11.8 Å². The fourth-order valence-corrected chi connectivity index (χ4v) is 3.59. The van der Waals surface area contributed by atoms with Crippen molar-refractivity contribution < 1.29 is 14.3 Å². The number of hydrogen-bond acceptors (Lipinski definition) is 3. The van der Waals surface area contributed by atoms with Crippen molar-refractivity contribution in [3.05, 3.63) is 64.7 Å². The van der Waals surface area contributed by atoms with Gasteiger partial charge in [0.25, 0.3) is 0 Å². The zero-order valence-corrected chi connectivity index (χ0v) is 18.1. The van der Waals surface area contributed by atoms with Gasteiger partial charge in [-0.15, -0.1) is 0 Å².